The van der Waals surface area contributed by atoms with Crippen molar-refractivity contribution >= 4 is 17.4 Å². The molecule has 2 heterocycles. The number of nitrogens with one attached hydrogen (secondary N) is 1. The molecule has 0 aliphatic carbocycles. The van der Waals surface area contributed by atoms with E-state index in [0.29, 0.717) is 12.1 Å². The number of anilines is 2. The van der Waals surface area contributed by atoms with E-state index < -0.39 is 0 Å². The van der Waals surface area contributed by atoms with Crippen LogP contribution in [0.2, 0.25) is 0 Å². The van der Waals surface area contributed by atoms with E-state index in [9.17, 15) is 9.18 Å². The topological polar surface area (TPSA) is 59.4 Å². The van der Waals surface area contributed by atoms with Gasteiger partial charge in [-0.15, -0.1) is 0 Å². The van der Waals surface area contributed by atoms with Gasteiger partial charge in [0.1, 0.15) is 5.82 Å². The Morgan fingerprint density at radius 3 is 2.40 bits per heavy atom. The maximum atomic E-state index is 14.4. The molecule has 3 aromatic rings. The molecule has 0 aromatic heterocycles. The summed E-state index contributed by atoms with van der Waals surface area (Å²) in [7, 11) is 0. The molecule has 2 amide bonds. The Balaban J connectivity index is 1.34. The fourth-order valence-corrected chi connectivity index (χ4v) is 5.52. The largest absolute Gasteiger partial charge is 0.326 e. The minimum atomic E-state index is -0.264. The molecule has 0 bridgehead atoms. The molecule has 0 unspecified atom stereocenters. The van der Waals surface area contributed by atoms with Gasteiger partial charge in [0.15, 0.2) is 0 Å². The Morgan fingerprint density at radius 2 is 1.74 bits per heavy atom. The summed E-state index contributed by atoms with van der Waals surface area (Å²) >= 11 is 0. The van der Waals surface area contributed by atoms with Crippen molar-refractivity contribution in [2.24, 2.45) is 0 Å². The number of para-hydroxylation sites is 1. The van der Waals surface area contributed by atoms with E-state index in [2.05, 4.69) is 16.3 Å². The van der Waals surface area contributed by atoms with Crippen molar-refractivity contribution in [1.82, 2.24) is 4.90 Å². The molecule has 0 atom stereocenters. The van der Waals surface area contributed by atoms with Crippen LogP contribution in [0.15, 0.2) is 60.7 Å². The molecule has 2 aliphatic rings. The number of nitrogens with zero attached hydrogens (tertiary/aromatic N) is 3. The first-order chi connectivity index (χ1) is 16.9. The third-order valence-electron chi connectivity index (χ3n) is 7.54. The summed E-state index contributed by atoms with van der Waals surface area (Å²) in [6.45, 7) is 7.06. The molecule has 6 heteroatoms. The zero-order valence-electron chi connectivity index (χ0n) is 20.1. The molecule has 1 spiro atoms. The fourth-order valence-electron chi connectivity index (χ4n) is 5.52. The molecule has 1 fully saturated rings. The van der Waals surface area contributed by atoms with E-state index >= 15 is 0 Å². The van der Waals surface area contributed by atoms with Crippen LogP contribution in [0.1, 0.15) is 40.7 Å². The van der Waals surface area contributed by atoms with Gasteiger partial charge in [-0.25, -0.2) is 9.18 Å². The average molecular weight is 469 g/mol. The molecule has 3 aromatic carbocycles. The number of nitriles is 1. The Hall–Kier alpha value is -3.69. The molecular weight excluding hydrogens is 439 g/mol. The second-order valence-corrected chi connectivity index (χ2v) is 9.81. The van der Waals surface area contributed by atoms with Crippen LogP contribution in [0.25, 0.3) is 0 Å². The van der Waals surface area contributed by atoms with Crippen molar-refractivity contribution in [2.75, 3.05) is 29.9 Å². The highest BCUT2D eigenvalue weighted by Gasteiger charge is 2.46. The van der Waals surface area contributed by atoms with Crippen molar-refractivity contribution in [3.8, 4) is 6.07 Å². The van der Waals surface area contributed by atoms with Gasteiger partial charge in [0.2, 0.25) is 0 Å². The van der Waals surface area contributed by atoms with E-state index in [1.807, 2.05) is 56.3 Å². The second kappa shape index (κ2) is 9.16. The number of likely N-dealkylation sites (tertiary alicyclic amines) is 1. The first kappa shape index (κ1) is 23.1. The number of carbonyl (C=O) groups excluding carboxylic acids is 1. The van der Waals surface area contributed by atoms with Gasteiger partial charge in [-0.2, -0.15) is 5.26 Å². The first-order valence-electron chi connectivity index (χ1n) is 12.0. The molecule has 0 saturated carbocycles. The number of urea groups is 1. The van der Waals surface area contributed by atoms with E-state index in [0.717, 1.165) is 60.5 Å². The van der Waals surface area contributed by atoms with Gasteiger partial charge in [0, 0.05) is 29.9 Å². The number of amides is 2. The quantitative estimate of drug-likeness (QED) is 0.521. The summed E-state index contributed by atoms with van der Waals surface area (Å²) in [6.07, 6.45) is 1.71. The molecule has 1 N–H and O–H groups in total. The maximum Gasteiger partial charge on any atom is 0.326 e. The SMILES string of the molecule is Cc1cccc(C)c1NC(=O)N1CC2(CCN(Cc3ccc(C#N)cc3)CC2)c2cc(F)ccc21. The van der Waals surface area contributed by atoms with Gasteiger partial charge in [0.25, 0.3) is 0 Å². The summed E-state index contributed by atoms with van der Waals surface area (Å²) in [5.74, 6) is -0.264. The zero-order valence-corrected chi connectivity index (χ0v) is 20.1. The predicted molar refractivity (Wildman–Crippen MR) is 136 cm³/mol. The van der Waals surface area contributed by atoms with Crippen LogP contribution in [0.3, 0.4) is 0 Å². The lowest BCUT2D eigenvalue weighted by atomic mass is 9.74. The summed E-state index contributed by atoms with van der Waals surface area (Å²) in [6, 6.07) is 20.5. The Labute approximate surface area is 205 Å². The number of halogens is 1. The summed E-state index contributed by atoms with van der Waals surface area (Å²) in [5.41, 5.74) is 6.19. The van der Waals surface area contributed by atoms with Gasteiger partial charge in [-0.1, -0.05) is 30.3 Å². The van der Waals surface area contributed by atoms with Crippen LogP contribution in [0, 0.1) is 31.0 Å². The Kier molecular flexibility index (Phi) is 6.04. The fraction of sp³-hybridized carbons (Fsp3) is 0.310. The van der Waals surface area contributed by atoms with Crippen LogP contribution < -0.4 is 10.2 Å². The molecule has 178 valence electrons. The normalized spacial score (nSPS) is 16.7. The van der Waals surface area contributed by atoms with Crippen molar-refractivity contribution in [1.29, 1.82) is 5.26 Å². The molecule has 0 radical (unpaired) electrons. The number of piperidine rings is 1. The third-order valence-corrected chi connectivity index (χ3v) is 7.54. The number of hydrogen-bond acceptors (Lipinski definition) is 3. The molecule has 2 aliphatic heterocycles. The van der Waals surface area contributed by atoms with E-state index in [1.165, 1.54) is 11.6 Å². The average Bonchev–Trinajstić information content (AvgIpc) is 3.17. The predicted octanol–water partition coefficient (Wildman–Crippen LogP) is 5.90. The van der Waals surface area contributed by atoms with Crippen LogP contribution in [0.5, 0.6) is 0 Å². The third kappa shape index (κ3) is 4.40. The summed E-state index contributed by atoms with van der Waals surface area (Å²) < 4.78 is 14.4. The molecule has 5 nitrogen and oxygen atoms in total. The molecular formula is C29H29FN4O. The van der Waals surface area contributed by atoms with E-state index in [1.54, 1.807) is 17.0 Å². The minimum Gasteiger partial charge on any atom is -0.307 e. The van der Waals surface area contributed by atoms with Crippen molar-refractivity contribution in [3.63, 3.8) is 0 Å². The lowest BCUT2D eigenvalue weighted by molar-refractivity contribution is 0.160. The minimum absolute atomic E-state index is 0.174. The highest BCUT2D eigenvalue weighted by atomic mass is 19.1. The number of fused-ring (bicyclic) bond motifs is 2. The number of hydrogen-bond donors (Lipinski definition) is 1. The molecule has 5 rings (SSSR count). The molecule has 35 heavy (non-hydrogen) atoms. The van der Waals surface area contributed by atoms with Crippen LogP contribution in [-0.4, -0.2) is 30.6 Å². The number of rotatable bonds is 3. The monoisotopic (exact) mass is 468 g/mol. The van der Waals surface area contributed by atoms with Gasteiger partial charge < -0.3 is 5.32 Å². The second-order valence-electron chi connectivity index (χ2n) is 9.81. The van der Waals surface area contributed by atoms with Crippen LogP contribution in [0.4, 0.5) is 20.6 Å². The highest BCUT2D eigenvalue weighted by molar-refractivity contribution is 6.04. The van der Waals surface area contributed by atoms with E-state index in [-0.39, 0.29) is 17.3 Å². The maximum absolute atomic E-state index is 14.4. The highest BCUT2D eigenvalue weighted by Crippen LogP contribution is 2.47. The van der Waals surface area contributed by atoms with Gasteiger partial charge in [-0.3, -0.25) is 9.80 Å². The number of aryl methyl sites for hydroxylation is 2. The molecule has 1 saturated heterocycles. The smallest absolute Gasteiger partial charge is 0.307 e. The van der Waals surface area contributed by atoms with Crippen molar-refractivity contribution in [3.05, 3.63) is 94.3 Å². The Bertz CT molecular complexity index is 1280. The summed E-state index contributed by atoms with van der Waals surface area (Å²) in [5, 5.41) is 12.1. The number of benzene rings is 3. The van der Waals surface area contributed by atoms with Gasteiger partial charge in [-0.05, 0) is 92.4 Å². The van der Waals surface area contributed by atoms with Gasteiger partial charge in [0.05, 0.1) is 11.6 Å². The first-order valence-corrected chi connectivity index (χ1v) is 12.0. The van der Waals surface area contributed by atoms with Gasteiger partial charge >= 0.3 is 6.03 Å². The number of carbonyl (C=O) groups is 1. The Morgan fingerprint density at radius 1 is 1.06 bits per heavy atom. The zero-order chi connectivity index (χ0) is 24.6. The lowest BCUT2D eigenvalue weighted by Gasteiger charge is -2.40. The standard InChI is InChI=1S/C29H29FN4O/c1-20-4-3-5-21(2)27(20)32-28(35)34-19-29(25-16-24(30)10-11-26(25)34)12-14-33(15-13-29)18-23-8-6-22(17-31)7-9-23/h3-11,16H,12-15,18-19H2,1-2H3,(H,32,35). The van der Waals surface area contributed by atoms with E-state index in [4.69, 9.17) is 5.26 Å². The lowest BCUT2D eigenvalue weighted by Crippen LogP contribution is -2.46. The van der Waals surface area contributed by atoms with Crippen molar-refractivity contribution < 1.29 is 9.18 Å². The van der Waals surface area contributed by atoms with Crippen molar-refractivity contribution in [2.45, 2.75) is 38.6 Å². The van der Waals surface area contributed by atoms with Crippen LogP contribution >= 0.6 is 0 Å². The van der Waals surface area contributed by atoms with Crippen LogP contribution in [-0.2, 0) is 12.0 Å². The summed E-state index contributed by atoms with van der Waals surface area (Å²) in [4.78, 5) is 17.6.